The first kappa shape index (κ1) is 12.0. The third-order valence-electron chi connectivity index (χ3n) is 2.36. The largest absolute Gasteiger partial charge is 0.393 e. The molecule has 0 spiro atoms. The number of thioether (sulfide) groups is 1. The predicted octanol–water partition coefficient (Wildman–Crippen LogP) is 0.316. The fraction of sp³-hybridized carbons (Fsp3) is 0.444. The van der Waals surface area contributed by atoms with Gasteiger partial charge < -0.3 is 14.7 Å². The summed E-state index contributed by atoms with van der Waals surface area (Å²) >= 11 is 7.37. The quantitative estimate of drug-likeness (QED) is 0.814. The second kappa shape index (κ2) is 4.88. The number of nitrogens with zero attached hydrogens (tertiary/aromatic N) is 4. The van der Waals surface area contributed by atoms with Crippen LogP contribution in [0.3, 0.4) is 0 Å². The molecule has 2 atom stereocenters. The van der Waals surface area contributed by atoms with Crippen molar-refractivity contribution in [3.63, 3.8) is 0 Å². The molecule has 2 aromatic heterocycles. The van der Waals surface area contributed by atoms with Crippen LogP contribution in [0.25, 0.3) is 11.2 Å². The van der Waals surface area contributed by atoms with Gasteiger partial charge in [-0.05, 0) is 0 Å². The minimum atomic E-state index is -0.446. The Morgan fingerprint density at radius 3 is 3.22 bits per heavy atom. The van der Waals surface area contributed by atoms with E-state index >= 15 is 0 Å². The number of aromatic nitrogens is 4. The van der Waals surface area contributed by atoms with Crippen LogP contribution >= 0.6 is 23.4 Å². The molecule has 0 bridgehead atoms. The number of ether oxygens (including phenoxy) is 1. The minimum Gasteiger partial charge on any atom is -0.393 e. The first-order chi connectivity index (χ1) is 8.78. The molecular formula is C9H9ClN4O3S. The van der Waals surface area contributed by atoms with E-state index in [-0.39, 0.29) is 17.2 Å². The van der Waals surface area contributed by atoms with Gasteiger partial charge in [-0.2, -0.15) is 0 Å². The molecule has 2 aromatic rings. The molecule has 1 N–H and O–H groups in total. The maximum atomic E-state index is 8.96. The van der Waals surface area contributed by atoms with Gasteiger partial charge in [-0.25, -0.2) is 15.0 Å². The monoisotopic (exact) mass is 288 g/mol. The molecule has 1 aliphatic rings. The SMILES string of the molecule is OC[C@H]1O[C@H](On2cnc3c(Cl)ncnc32)CS1. The molecule has 9 heteroatoms. The highest BCUT2D eigenvalue weighted by Gasteiger charge is 2.27. The molecule has 0 amide bonds. The van der Waals surface area contributed by atoms with Crippen molar-refractivity contribution in [3.8, 4) is 0 Å². The Labute approximate surface area is 111 Å². The highest BCUT2D eigenvalue weighted by atomic mass is 35.5. The van der Waals surface area contributed by atoms with Crippen molar-refractivity contribution in [1.29, 1.82) is 0 Å². The molecule has 0 saturated carbocycles. The third-order valence-corrected chi connectivity index (χ3v) is 3.73. The Balaban J connectivity index is 1.81. The number of halogens is 1. The van der Waals surface area contributed by atoms with Crippen molar-refractivity contribution < 1.29 is 14.7 Å². The van der Waals surface area contributed by atoms with Crippen LogP contribution in [0, 0.1) is 0 Å². The predicted molar refractivity (Wildman–Crippen MR) is 65.1 cm³/mol. The zero-order chi connectivity index (χ0) is 12.5. The molecular weight excluding hydrogens is 280 g/mol. The summed E-state index contributed by atoms with van der Waals surface area (Å²) in [6.45, 7) is -0.0385. The van der Waals surface area contributed by atoms with Crippen molar-refractivity contribution in [2.75, 3.05) is 12.4 Å². The van der Waals surface area contributed by atoms with Crippen LogP contribution in [0.4, 0.5) is 0 Å². The van der Waals surface area contributed by atoms with Crippen molar-refractivity contribution in [3.05, 3.63) is 17.8 Å². The lowest BCUT2D eigenvalue weighted by atomic mass is 10.6. The lowest BCUT2D eigenvalue weighted by molar-refractivity contribution is -0.132. The molecule has 1 saturated heterocycles. The fourth-order valence-electron chi connectivity index (χ4n) is 1.57. The van der Waals surface area contributed by atoms with Crippen molar-refractivity contribution in [2.45, 2.75) is 11.7 Å². The molecule has 3 rings (SSSR count). The maximum Gasteiger partial charge on any atom is 0.235 e. The van der Waals surface area contributed by atoms with E-state index in [1.807, 2.05) is 0 Å². The molecule has 3 heterocycles. The summed E-state index contributed by atoms with van der Waals surface area (Å²) in [7, 11) is 0. The normalized spacial score (nSPS) is 23.7. The second-order valence-corrected chi connectivity index (χ2v) is 5.07. The average Bonchev–Trinajstić information content (AvgIpc) is 2.98. The summed E-state index contributed by atoms with van der Waals surface area (Å²) in [5.41, 5.74) is 0.711. The zero-order valence-electron chi connectivity index (χ0n) is 9.06. The summed E-state index contributed by atoms with van der Waals surface area (Å²) in [6, 6.07) is 0. The highest BCUT2D eigenvalue weighted by molar-refractivity contribution is 8.00. The Bertz CT molecular complexity index is 566. The molecule has 0 aliphatic carbocycles. The van der Waals surface area contributed by atoms with Gasteiger partial charge in [0.25, 0.3) is 0 Å². The highest BCUT2D eigenvalue weighted by Crippen LogP contribution is 2.24. The molecule has 96 valence electrons. The molecule has 7 nitrogen and oxygen atoms in total. The van der Waals surface area contributed by atoms with E-state index < -0.39 is 6.29 Å². The van der Waals surface area contributed by atoms with E-state index in [1.165, 1.54) is 29.1 Å². The van der Waals surface area contributed by atoms with E-state index in [4.69, 9.17) is 26.3 Å². The van der Waals surface area contributed by atoms with Gasteiger partial charge in [0.15, 0.2) is 5.15 Å². The summed E-state index contributed by atoms with van der Waals surface area (Å²) in [6.07, 6.45) is 2.36. The van der Waals surface area contributed by atoms with Crippen molar-refractivity contribution in [2.24, 2.45) is 0 Å². The number of hydrogen-bond acceptors (Lipinski definition) is 7. The topological polar surface area (TPSA) is 82.3 Å². The van der Waals surface area contributed by atoms with E-state index in [1.54, 1.807) is 0 Å². The van der Waals surface area contributed by atoms with Crippen LogP contribution in [-0.4, -0.2) is 48.9 Å². The van der Waals surface area contributed by atoms with Crippen molar-refractivity contribution >= 4 is 34.5 Å². The van der Waals surface area contributed by atoms with Gasteiger partial charge in [-0.1, -0.05) is 11.6 Å². The molecule has 1 fully saturated rings. The third kappa shape index (κ3) is 2.12. The zero-order valence-corrected chi connectivity index (χ0v) is 10.6. The molecule has 1 aliphatic heterocycles. The van der Waals surface area contributed by atoms with Crippen LogP contribution in [-0.2, 0) is 4.74 Å². The number of rotatable bonds is 3. The van der Waals surface area contributed by atoms with Crippen LogP contribution in [0.15, 0.2) is 12.7 Å². The lowest BCUT2D eigenvalue weighted by Crippen LogP contribution is -2.27. The summed E-state index contributed by atoms with van der Waals surface area (Å²) in [4.78, 5) is 17.5. The van der Waals surface area contributed by atoms with E-state index in [0.717, 1.165) is 0 Å². The summed E-state index contributed by atoms with van der Waals surface area (Å²) in [5.74, 6) is 0.629. The molecule has 0 unspecified atom stereocenters. The Kier molecular flexibility index (Phi) is 3.25. The smallest absolute Gasteiger partial charge is 0.235 e. The second-order valence-electron chi connectivity index (χ2n) is 3.52. The van der Waals surface area contributed by atoms with Gasteiger partial charge in [0, 0.05) is 0 Å². The number of aliphatic hydroxyl groups is 1. The summed E-state index contributed by atoms with van der Waals surface area (Å²) < 4.78 is 6.83. The van der Waals surface area contributed by atoms with Crippen LogP contribution in [0.2, 0.25) is 5.15 Å². The van der Waals surface area contributed by atoms with Crippen molar-refractivity contribution in [1.82, 2.24) is 19.7 Å². The first-order valence-corrected chi connectivity index (χ1v) is 6.59. The number of hydrogen-bond donors (Lipinski definition) is 1. The van der Waals surface area contributed by atoms with E-state index in [2.05, 4.69) is 15.0 Å². The van der Waals surface area contributed by atoms with Gasteiger partial charge in [0.2, 0.25) is 11.9 Å². The minimum absolute atomic E-state index is 0.0385. The Morgan fingerprint density at radius 2 is 2.44 bits per heavy atom. The number of fused-ring (bicyclic) bond motifs is 1. The number of aliphatic hydroxyl groups excluding tert-OH is 1. The maximum absolute atomic E-state index is 8.96. The lowest BCUT2D eigenvalue weighted by Gasteiger charge is -2.13. The number of imidazole rings is 1. The fourth-order valence-corrected chi connectivity index (χ4v) is 2.57. The Hall–Kier alpha value is -1.09. The first-order valence-electron chi connectivity index (χ1n) is 5.16. The van der Waals surface area contributed by atoms with E-state index in [0.29, 0.717) is 16.9 Å². The van der Waals surface area contributed by atoms with Gasteiger partial charge in [-0.3, -0.25) is 0 Å². The molecule has 18 heavy (non-hydrogen) atoms. The standard InChI is InChI=1S/C9H9ClN4O3S/c10-8-7-9(12-3-11-8)14(4-13-7)17-5-2-18-6(1-15)16-5/h3-6,15H,1-2H2/t5-,6+/m1/s1. The van der Waals surface area contributed by atoms with E-state index in [9.17, 15) is 0 Å². The van der Waals surface area contributed by atoms with Crippen LogP contribution in [0.1, 0.15) is 0 Å². The Morgan fingerprint density at radius 1 is 1.56 bits per heavy atom. The molecule has 0 radical (unpaired) electrons. The van der Waals surface area contributed by atoms with Gasteiger partial charge in [0.05, 0.1) is 12.4 Å². The van der Waals surface area contributed by atoms with Crippen LogP contribution < -0.4 is 4.84 Å². The van der Waals surface area contributed by atoms with Gasteiger partial charge in [-0.15, -0.1) is 16.5 Å². The summed E-state index contributed by atoms with van der Waals surface area (Å²) in [5, 5.41) is 9.23. The average molecular weight is 289 g/mol. The van der Waals surface area contributed by atoms with Gasteiger partial charge >= 0.3 is 0 Å². The van der Waals surface area contributed by atoms with Crippen LogP contribution in [0.5, 0.6) is 0 Å². The molecule has 0 aromatic carbocycles. The van der Waals surface area contributed by atoms with Gasteiger partial charge in [0.1, 0.15) is 23.6 Å².